The van der Waals surface area contributed by atoms with Crippen molar-refractivity contribution < 1.29 is 42.1 Å². The Kier molecular flexibility index (Phi) is 77.9. The maximum Gasteiger partial charge on any atom is 0.472 e. The van der Waals surface area contributed by atoms with Gasteiger partial charge in [0.25, 0.3) is 0 Å². The van der Waals surface area contributed by atoms with E-state index in [9.17, 15) is 19.0 Å². The molecule has 9 nitrogen and oxygen atoms in total. The molecule has 0 amide bonds. The third-order valence-corrected chi connectivity index (χ3v) is 18.6. The van der Waals surface area contributed by atoms with Crippen LogP contribution in [0.15, 0.2) is 194 Å². The molecule has 10 heteroatoms. The highest BCUT2D eigenvalue weighted by atomic mass is 31.2. The van der Waals surface area contributed by atoms with Gasteiger partial charge in [0.05, 0.1) is 27.7 Å². The maximum absolute atomic E-state index is 12.9. The molecule has 0 aliphatic rings. The van der Waals surface area contributed by atoms with E-state index < -0.39 is 26.5 Å². The zero-order valence-electron chi connectivity index (χ0n) is 67.4. The van der Waals surface area contributed by atoms with Crippen molar-refractivity contribution in [3.63, 3.8) is 0 Å². The second-order valence-electron chi connectivity index (χ2n) is 28.7. The second kappa shape index (κ2) is 81.9. The van der Waals surface area contributed by atoms with E-state index in [0.29, 0.717) is 17.4 Å². The number of rotatable bonds is 76. The number of allylic oxidation sites excluding steroid dienone is 32. The highest BCUT2D eigenvalue weighted by Gasteiger charge is 2.27. The van der Waals surface area contributed by atoms with Gasteiger partial charge < -0.3 is 18.9 Å². The van der Waals surface area contributed by atoms with Gasteiger partial charge in [-0.3, -0.25) is 18.6 Å². The van der Waals surface area contributed by atoms with Crippen LogP contribution < -0.4 is 0 Å². The van der Waals surface area contributed by atoms with Crippen LogP contribution in [0.1, 0.15) is 335 Å². The number of nitrogens with zero attached hydrogens (tertiary/aromatic N) is 1. The lowest BCUT2D eigenvalue weighted by molar-refractivity contribution is -0.870. The van der Waals surface area contributed by atoms with Gasteiger partial charge >= 0.3 is 19.8 Å². The molecule has 0 radical (unpaired) electrons. The van der Waals surface area contributed by atoms with Crippen molar-refractivity contribution in [3.8, 4) is 0 Å². The highest BCUT2D eigenvalue weighted by Crippen LogP contribution is 2.43. The smallest absolute Gasteiger partial charge is 0.462 e. The summed E-state index contributed by atoms with van der Waals surface area (Å²) in [5.74, 6) is -0.799. The Bertz CT molecular complexity index is 2470. The second-order valence-corrected chi connectivity index (χ2v) is 30.2. The van der Waals surface area contributed by atoms with Gasteiger partial charge in [-0.15, -0.1) is 0 Å². The average Bonchev–Trinajstić information content (AvgIpc) is 0.915. The zero-order valence-corrected chi connectivity index (χ0v) is 68.3. The van der Waals surface area contributed by atoms with E-state index in [-0.39, 0.29) is 32.0 Å². The summed E-state index contributed by atoms with van der Waals surface area (Å²) >= 11 is 0. The van der Waals surface area contributed by atoms with Crippen molar-refractivity contribution in [2.24, 2.45) is 0 Å². The van der Waals surface area contributed by atoms with Gasteiger partial charge in [0.15, 0.2) is 6.10 Å². The van der Waals surface area contributed by atoms with Crippen LogP contribution in [0.25, 0.3) is 0 Å². The number of carbonyl (C=O) groups excluding carboxylic acids is 2. The molecule has 0 aliphatic heterocycles. The van der Waals surface area contributed by atoms with Crippen LogP contribution in [0.3, 0.4) is 0 Å². The quantitative estimate of drug-likeness (QED) is 0.0211. The van der Waals surface area contributed by atoms with Gasteiger partial charge in [-0.25, -0.2) is 4.57 Å². The van der Waals surface area contributed by atoms with Crippen molar-refractivity contribution in [1.82, 2.24) is 0 Å². The number of likely N-dealkylation sites (N-methyl/N-ethyl adjacent to an activating group) is 1. The molecule has 590 valence electrons. The molecule has 0 fully saturated rings. The number of phosphoric ester groups is 1. The molecular formula is C94H157NO8P+. The van der Waals surface area contributed by atoms with Crippen LogP contribution in [0.4, 0.5) is 0 Å². The number of quaternary nitrogens is 1. The Morgan fingerprint density at radius 3 is 0.769 bits per heavy atom. The predicted octanol–water partition coefficient (Wildman–Crippen LogP) is 28.7. The minimum absolute atomic E-state index is 0.0245. The molecule has 0 rings (SSSR count). The fraction of sp³-hybridized carbons (Fsp3) is 0.638. The third-order valence-electron chi connectivity index (χ3n) is 17.6. The molecule has 2 unspecified atom stereocenters. The fourth-order valence-electron chi connectivity index (χ4n) is 11.3. The van der Waals surface area contributed by atoms with Crippen molar-refractivity contribution in [3.05, 3.63) is 194 Å². The molecule has 0 spiro atoms. The molecule has 1 N–H and O–H groups in total. The summed E-state index contributed by atoms with van der Waals surface area (Å²) in [6, 6.07) is 0. The third kappa shape index (κ3) is 85.8. The highest BCUT2D eigenvalue weighted by molar-refractivity contribution is 7.47. The van der Waals surface area contributed by atoms with Crippen molar-refractivity contribution in [2.75, 3.05) is 47.5 Å². The normalized spacial score (nSPS) is 14.0. The summed E-state index contributed by atoms with van der Waals surface area (Å²) < 4.78 is 34.9. The van der Waals surface area contributed by atoms with Crippen LogP contribution in [0, 0.1) is 0 Å². The number of carbonyl (C=O) groups is 2. The molecule has 0 bridgehead atoms. The van der Waals surface area contributed by atoms with Crippen LogP contribution in [0.2, 0.25) is 0 Å². The standard InChI is InChI=1S/C94H156NO8P/c1-6-8-10-12-14-16-18-20-22-24-26-28-30-32-34-36-38-40-42-44-46-47-49-50-52-54-56-58-60-62-64-66-68-70-72-74-76-78-80-82-84-86-93(96)100-90-92(91-102-104(98,99)101-89-88-95(3,4)5)103-94(97)87-85-83-81-79-77-75-73-71-69-67-65-63-61-59-57-55-53-51-48-45-43-41-39-37-35-33-31-29-27-25-23-21-19-17-15-13-11-9-7-2/h8-11,14-17,20-23,26-29,32-35,38-41,44-46,48,53,55,59,61,92H,6-7,12-13,18-19,24-25,30-31,36-37,42-43,47,49-52,54,56-58,60,62-91H2,1-5H3/p+1/b10-8-,11-9-,16-14-,17-15-,22-20-,23-21-,28-26-,29-27-,34-32-,35-33-,40-38-,41-39-,46-44-,48-45-,55-53-,61-59-. The van der Waals surface area contributed by atoms with E-state index in [1.807, 2.05) is 21.1 Å². The van der Waals surface area contributed by atoms with Crippen molar-refractivity contribution in [1.29, 1.82) is 0 Å². The molecule has 0 heterocycles. The first-order valence-electron chi connectivity index (χ1n) is 42.2. The summed E-state index contributed by atoms with van der Waals surface area (Å²) in [6.45, 7) is 4.21. The van der Waals surface area contributed by atoms with Gasteiger partial charge in [-0.2, -0.15) is 0 Å². The first-order chi connectivity index (χ1) is 51.0. The topological polar surface area (TPSA) is 108 Å². The van der Waals surface area contributed by atoms with Gasteiger partial charge in [-0.05, 0) is 141 Å². The van der Waals surface area contributed by atoms with Gasteiger partial charge in [0.2, 0.25) is 0 Å². The van der Waals surface area contributed by atoms with Gasteiger partial charge in [0, 0.05) is 12.8 Å². The Morgan fingerprint density at radius 2 is 0.519 bits per heavy atom. The molecule has 0 saturated heterocycles. The van der Waals surface area contributed by atoms with Gasteiger partial charge in [-0.1, -0.05) is 375 Å². The average molecular weight is 1460 g/mol. The van der Waals surface area contributed by atoms with E-state index in [0.717, 1.165) is 148 Å². The lowest BCUT2D eigenvalue weighted by atomic mass is 10.0. The van der Waals surface area contributed by atoms with Crippen molar-refractivity contribution in [2.45, 2.75) is 341 Å². The Labute approximate surface area is 641 Å². The van der Waals surface area contributed by atoms with Crippen LogP contribution >= 0.6 is 7.82 Å². The zero-order chi connectivity index (χ0) is 75.4. The van der Waals surface area contributed by atoms with Gasteiger partial charge in [0.1, 0.15) is 19.8 Å². The summed E-state index contributed by atoms with van der Waals surface area (Å²) in [7, 11) is 1.47. The monoisotopic (exact) mass is 1460 g/mol. The predicted molar refractivity (Wildman–Crippen MR) is 454 cm³/mol. The first-order valence-corrected chi connectivity index (χ1v) is 43.7. The molecule has 0 aromatic carbocycles. The van der Waals surface area contributed by atoms with Crippen LogP contribution in [0.5, 0.6) is 0 Å². The molecule has 0 aromatic heterocycles. The number of esters is 2. The molecule has 0 aromatic rings. The molecule has 0 saturated carbocycles. The van der Waals surface area contributed by atoms with E-state index in [2.05, 4.69) is 208 Å². The molecule has 0 aliphatic carbocycles. The van der Waals surface area contributed by atoms with Crippen LogP contribution in [-0.4, -0.2) is 74.9 Å². The number of hydrogen-bond acceptors (Lipinski definition) is 7. The number of hydrogen-bond donors (Lipinski definition) is 1. The molecule has 2 atom stereocenters. The summed E-state index contributed by atoms with van der Waals surface area (Å²) in [6.07, 6.45) is 127. The largest absolute Gasteiger partial charge is 0.472 e. The Morgan fingerprint density at radius 1 is 0.298 bits per heavy atom. The Balaban J connectivity index is 4.00. The van der Waals surface area contributed by atoms with Crippen molar-refractivity contribution >= 4 is 19.8 Å². The summed E-state index contributed by atoms with van der Waals surface area (Å²) in [5, 5.41) is 0. The molecule has 104 heavy (non-hydrogen) atoms. The first kappa shape index (κ1) is 98.8. The SMILES string of the molecule is CC/C=C\C/C=C\C/C=C\C/C=C\C/C=C\C/C=C\C/C=C\C/C=C\C/C=C\CCCCCCCCCCCCCC(=O)OC(COC(=O)CCCCCCCCCCCCCCCCCCCCC/C=C\C/C=C\C/C=C\C/C=C\C/C=C\C/C=C\C/C=C\CC)COP(=O)(O)OCC[N+](C)(C)C. The lowest BCUT2D eigenvalue weighted by Crippen LogP contribution is -2.37. The minimum atomic E-state index is -4.41. The summed E-state index contributed by atoms with van der Waals surface area (Å²) in [4.78, 5) is 36.0. The lowest BCUT2D eigenvalue weighted by Gasteiger charge is -2.24. The number of phosphoric acid groups is 1. The minimum Gasteiger partial charge on any atom is -0.462 e. The molecular weight excluding hydrogens is 1300 g/mol. The summed E-state index contributed by atoms with van der Waals surface area (Å²) in [5.41, 5.74) is 0. The van der Waals surface area contributed by atoms with Crippen LogP contribution in [-0.2, 0) is 32.7 Å². The van der Waals surface area contributed by atoms with E-state index in [1.54, 1.807) is 0 Å². The number of ether oxygens (including phenoxy) is 2. The van der Waals surface area contributed by atoms with E-state index in [1.165, 1.54) is 154 Å². The maximum atomic E-state index is 12.9. The fourth-order valence-corrected chi connectivity index (χ4v) is 12.0. The van der Waals surface area contributed by atoms with E-state index in [4.69, 9.17) is 18.5 Å². The Hall–Kier alpha value is -5.15. The van der Waals surface area contributed by atoms with E-state index >= 15 is 0 Å². The number of unbranched alkanes of at least 4 members (excludes halogenated alkanes) is 30.